The molecule has 3 nitrogen and oxygen atoms in total. The molecule has 0 spiro atoms. The maximum atomic E-state index is 13.9. The molecule has 2 unspecified atom stereocenters. The molecule has 5 heteroatoms. The molecule has 1 heterocycles. The van der Waals surface area contributed by atoms with Gasteiger partial charge in [-0.25, -0.2) is 13.8 Å². The summed E-state index contributed by atoms with van der Waals surface area (Å²) in [6, 6.07) is 1.12. The summed E-state index contributed by atoms with van der Waals surface area (Å²) in [6.45, 7) is 4.79. The molecule has 1 aliphatic rings. The minimum absolute atomic E-state index is 0.127. The van der Waals surface area contributed by atoms with Crippen molar-refractivity contribution in [2.45, 2.75) is 58.4 Å². The Kier molecular flexibility index (Phi) is 5.76. The smallest absolute Gasteiger partial charge is 0.168 e. The van der Waals surface area contributed by atoms with E-state index in [4.69, 9.17) is 0 Å². The van der Waals surface area contributed by atoms with Gasteiger partial charge in [0, 0.05) is 18.7 Å². The minimum Gasteiger partial charge on any atom is -0.368 e. The third kappa shape index (κ3) is 4.29. The number of aromatic nitrogens is 1. The zero-order chi connectivity index (χ0) is 15.2. The van der Waals surface area contributed by atoms with Crippen LogP contribution in [-0.4, -0.2) is 17.6 Å². The number of hydrogen-bond acceptors (Lipinski definition) is 3. The summed E-state index contributed by atoms with van der Waals surface area (Å²) in [5.41, 5.74) is 0. The van der Waals surface area contributed by atoms with Crippen molar-refractivity contribution in [1.82, 2.24) is 4.98 Å². The molecular weight excluding hydrogens is 272 g/mol. The van der Waals surface area contributed by atoms with E-state index in [2.05, 4.69) is 22.5 Å². The molecule has 1 saturated carbocycles. The van der Waals surface area contributed by atoms with Crippen LogP contribution in [0.4, 0.5) is 20.4 Å². The van der Waals surface area contributed by atoms with Gasteiger partial charge in [0.15, 0.2) is 23.3 Å². The van der Waals surface area contributed by atoms with Crippen LogP contribution in [0, 0.1) is 17.6 Å². The molecule has 1 aromatic heterocycles. The summed E-state index contributed by atoms with van der Waals surface area (Å²) in [5.74, 6) is -0.493. The van der Waals surface area contributed by atoms with Gasteiger partial charge in [-0.1, -0.05) is 33.1 Å². The van der Waals surface area contributed by atoms with Crippen molar-refractivity contribution in [3.63, 3.8) is 0 Å². The normalized spacial score (nSPS) is 22.7. The predicted molar refractivity (Wildman–Crippen MR) is 82.6 cm³/mol. The van der Waals surface area contributed by atoms with Crippen LogP contribution in [0.3, 0.4) is 0 Å². The van der Waals surface area contributed by atoms with Crippen LogP contribution in [0.5, 0.6) is 0 Å². The first-order valence-corrected chi connectivity index (χ1v) is 7.98. The van der Waals surface area contributed by atoms with Gasteiger partial charge in [-0.3, -0.25) is 0 Å². The van der Waals surface area contributed by atoms with E-state index >= 15 is 0 Å². The molecule has 1 aliphatic carbocycles. The Balaban J connectivity index is 2.14. The standard InChI is InChI=1S/C16H25F2N3/c1-3-9-19-15-12(17)10-13(18)16(21-15)20-14-8-6-4-5-7-11(14)2/h10-11,14H,3-9H2,1-2H3,(H2,19,20,21). The van der Waals surface area contributed by atoms with Crippen LogP contribution in [0.15, 0.2) is 6.07 Å². The van der Waals surface area contributed by atoms with E-state index < -0.39 is 11.6 Å². The topological polar surface area (TPSA) is 37.0 Å². The van der Waals surface area contributed by atoms with Crippen LogP contribution >= 0.6 is 0 Å². The first kappa shape index (κ1) is 16.0. The van der Waals surface area contributed by atoms with Gasteiger partial charge in [0.05, 0.1) is 0 Å². The van der Waals surface area contributed by atoms with Crippen LogP contribution in [0.1, 0.15) is 52.4 Å². The van der Waals surface area contributed by atoms with Gasteiger partial charge < -0.3 is 10.6 Å². The fraction of sp³-hybridized carbons (Fsp3) is 0.688. The maximum absolute atomic E-state index is 13.9. The van der Waals surface area contributed by atoms with Gasteiger partial charge in [-0.05, 0) is 25.2 Å². The quantitative estimate of drug-likeness (QED) is 0.782. The first-order valence-electron chi connectivity index (χ1n) is 7.98. The van der Waals surface area contributed by atoms with Crippen LogP contribution in [-0.2, 0) is 0 Å². The Bertz CT molecular complexity index is 465. The van der Waals surface area contributed by atoms with E-state index in [1.54, 1.807) is 0 Å². The number of rotatable bonds is 5. The summed E-state index contributed by atoms with van der Waals surface area (Å²) < 4.78 is 27.6. The number of pyridine rings is 1. The molecule has 2 atom stereocenters. The highest BCUT2D eigenvalue weighted by Gasteiger charge is 2.22. The third-order valence-corrected chi connectivity index (χ3v) is 4.16. The molecule has 0 saturated heterocycles. The zero-order valence-electron chi connectivity index (χ0n) is 12.9. The fourth-order valence-electron chi connectivity index (χ4n) is 2.82. The maximum Gasteiger partial charge on any atom is 0.168 e. The van der Waals surface area contributed by atoms with E-state index in [-0.39, 0.29) is 17.7 Å². The third-order valence-electron chi connectivity index (χ3n) is 4.16. The van der Waals surface area contributed by atoms with Crippen molar-refractivity contribution >= 4 is 11.6 Å². The second kappa shape index (κ2) is 7.57. The van der Waals surface area contributed by atoms with Gasteiger partial charge in [0.2, 0.25) is 0 Å². The van der Waals surface area contributed by atoms with Crippen LogP contribution < -0.4 is 10.6 Å². The van der Waals surface area contributed by atoms with Gasteiger partial charge in [-0.15, -0.1) is 0 Å². The molecule has 0 radical (unpaired) electrons. The van der Waals surface area contributed by atoms with Crippen molar-refractivity contribution in [3.05, 3.63) is 17.7 Å². The lowest BCUT2D eigenvalue weighted by Crippen LogP contribution is -2.27. The lowest BCUT2D eigenvalue weighted by molar-refractivity contribution is 0.452. The van der Waals surface area contributed by atoms with Gasteiger partial charge in [0.25, 0.3) is 0 Å². The largest absolute Gasteiger partial charge is 0.368 e. The Morgan fingerprint density at radius 2 is 1.86 bits per heavy atom. The zero-order valence-corrected chi connectivity index (χ0v) is 12.9. The van der Waals surface area contributed by atoms with Gasteiger partial charge >= 0.3 is 0 Å². The minimum atomic E-state index is -0.639. The molecule has 0 bridgehead atoms. The second-order valence-electron chi connectivity index (χ2n) is 5.94. The highest BCUT2D eigenvalue weighted by molar-refractivity contribution is 5.48. The average molecular weight is 297 g/mol. The molecule has 0 aliphatic heterocycles. The lowest BCUT2D eigenvalue weighted by atomic mass is 9.97. The number of anilines is 2. The van der Waals surface area contributed by atoms with E-state index in [9.17, 15) is 8.78 Å². The number of nitrogens with zero attached hydrogens (tertiary/aromatic N) is 1. The Morgan fingerprint density at radius 1 is 1.14 bits per heavy atom. The molecule has 0 aromatic carbocycles. The van der Waals surface area contributed by atoms with Crippen molar-refractivity contribution in [2.75, 3.05) is 17.2 Å². The molecule has 2 rings (SSSR count). The number of hydrogen-bond donors (Lipinski definition) is 2. The summed E-state index contributed by atoms with van der Waals surface area (Å²) >= 11 is 0. The molecule has 118 valence electrons. The highest BCUT2D eigenvalue weighted by atomic mass is 19.1. The van der Waals surface area contributed by atoms with Crippen molar-refractivity contribution in [2.24, 2.45) is 5.92 Å². The molecule has 2 N–H and O–H groups in total. The summed E-state index contributed by atoms with van der Waals surface area (Å²) in [5, 5.41) is 6.09. The lowest BCUT2D eigenvalue weighted by Gasteiger charge is -2.24. The molecular formula is C16H25F2N3. The van der Waals surface area contributed by atoms with Crippen molar-refractivity contribution in [3.8, 4) is 0 Å². The summed E-state index contributed by atoms with van der Waals surface area (Å²) in [7, 11) is 0. The van der Waals surface area contributed by atoms with Crippen molar-refractivity contribution in [1.29, 1.82) is 0 Å². The predicted octanol–water partition coefficient (Wildman–Crippen LogP) is 4.56. The van der Waals surface area contributed by atoms with E-state index in [1.807, 2.05) is 6.92 Å². The van der Waals surface area contributed by atoms with Crippen molar-refractivity contribution < 1.29 is 8.78 Å². The number of halogens is 2. The molecule has 0 amide bonds. The number of nitrogens with one attached hydrogen (secondary N) is 2. The summed E-state index contributed by atoms with van der Waals surface area (Å²) in [6.07, 6.45) is 6.61. The van der Waals surface area contributed by atoms with Crippen LogP contribution in [0.2, 0.25) is 0 Å². The summed E-state index contributed by atoms with van der Waals surface area (Å²) in [4.78, 5) is 4.10. The average Bonchev–Trinajstić information content (AvgIpc) is 2.65. The van der Waals surface area contributed by atoms with Crippen LogP contribution in [0.25, 0.3) is 0 Å². The second-order valence-corrected chi connectivity index (χ2v) is 5.94. The Morgan fingerprint density at radius 3 is 2.62 bits per heavy atom. The molecule has 21 heavy (non-hydrogen) atoms. The fourth-order valence-corrected chi connectivity index (χ4v) is 2.82. The Labute approximate surface area is 125 Å². The first-order chi connectivity index (χ1) is 10.1. The highest BCUT2D eigenvalue weighted by Crippen LogP contribution is 2.27. The molecule has 1 fully saturated rings. The van der Waals surface area contributed by atoms with E-state index in [0.717, 1.165) is 31.7 Å². The van der Waals surface area contributed by atoms with Gasteiger partial charge in [0.1, 0.15) is 0 Å². The SMILES string of the molecule is CCCNc1nc(NC2CCCCCC2C)c(F)cc1F. The monoisotopic (exact) mass is 297 g/mol. The van der Waals surface area contributed by atoms with E-state index in [0.29, 0.717) is 12.5 Å². The van der Waals surface area contributed by atoms with E-state index in [1.165, 1.54) is 12.8 Å². The Hall–Kier alpha value is -1.39. The van der Waals surface area contributed by atoms with Gasteiger partial charge in [-0.2, -0.15) is 0 Å². The molecule has 1 aromatic rings.